The summed E-state index contributed by atoms with van der Waals surface area (Å²) in [5, 5.41) is 9.79. The molecule has 0 saturated heterocycles. The van der Waals surface area contributed by atoms with Gasteiger partial charge in [-0.1, -0.05) is 40.5 Å². The van der Waals surface area contributed by atoms with Gasteiger partial charge >= 0.3 is 5.97 Å². The lowest BCUT2D eigenvalue weighted by atomic mass is 9.76. The predicted octanol–water partition coefficient (Wildman–Crippen LogP) is 2.49. The summed E-state index contributed by atoms with van der Waals surface area (Å²) in [6.07, 6.45) is 5.03. The van der Waals surface area contributed by atoms with E-state index >= 15 is 0 Å². The summed E-state index contributed by atoms with van der Waals surface area (Å²) in [4.78, 5) is 24.9. The second-order valence-corrected chi connectivity index (χ2v) is 10.2. The van der Waals surface area contributed by atoms with Gasteiger partial charge in [-0.25, -0.2) is 8.42 Å². The van der Waals surface area contributed by atoms with E-state index in [1.807, 2.05) is 27.7 Å². The molecule has 26 heavy (non-hydrogen) atoms. The van der Waals surface area contributed by atoms with Crippen LogP contribution in [0, 0.1) is 29.6 Å². The molecule has 0 bridgehead atoms. The molecule has 2 atom stereocenters. The molecule has 0 aromatic heterocycles. The highest BCUT2D eigenvalue weighted by atomic mass is 32.2. The summed E-state index contributed by atoms with van der Waals surface area (Å²) < 4.78 is 24.9. The number of carboxylic acids is 1. The third-order valence-electron chi connectivity index (χ3n) is 4.85. The van der Waals surface area contributed by atoms with Crippen LogP contribution in [0.2, 0.25) is 0 Å². The first-order valence-electron chi connectivity index (χ1n) is 9.44. The standard InChI is InChI=1S/C18H34N2O5S/c1-12(2)10-15(16(18(22)23)14-8-6-7-9-14)17(21)19-20(11-13(3)4)26(5,24)25/h12-16H,6-11H2,1-5H3,(H,19,21)(H,22,23)/t15-,16+/m1/s1. The number of nitrogens with one attached hydrogen (secondary N) is 1. The van der Waals surface area contributed by atoms with Crippen molar-refractivity contribution in [3.05, 3.63) is 0 Å². The van der Waals surface area contributed by atoms with Gasteiger partial charge < -0.3 is 5.11 Å². The van der Waals surface area contributed by atoms with Crippen molar-refractivity contribution in [2.75, 3.05) is 12.8 Å². The zero-order chi connectivity index (χ0) is 20.1. The fourth-order valence-electron chi connectivity index (χ4n) is 3.74. The van der Waals surface area contributed by atoms with E-state index in [2.05, 4.69) is 5.43 Å². The third kappa shape index (κ3) is 6.87. The van der Waals surface area contributed by atoms with Crippen LogP contribution in [0.3, 0.4) is 0 Å². The summed E-state index contributed by atoms with van der Waals surface area (Å²) in [5.41, 5.74) is 2.50. The largest absolute Gasteiger partial charge is 0.481 e. The Balaban J connectivity index is 3.08. The SMILES string of the molecule is CC(C)C[C@@H](C(=O)NN(CC(C)C)S(C)(=O)=O)[C@@H](C(=O)O)C1CCCC1. The van der Waals surface area contributed by atoms with Gasteiger partial charge in [0.25, 0.3) is 0 Å². The van der Waals surface area contributed by atoms with Crippen molar-refractivity contribution in [3.63, 3.8) is 0 Å². The van der Waals surface area contributed by atoms with Gasteiger partial charge in [0, 0.05) is 6.54 Å². The molecule has 0 aliphatic heterocycles. The van der Waals surface area contributed by atoms with Gasteiger partial charge in [-0.3, -0.25) is 15.0 Å². The second-order valence-electron chi connectivity index (χ2n) is 8.31. The van der Waals surface area contributed by atoms with E-state index < -0.39 is 33.7 Å². The smallest absolute Gasteiger partial charge is 0.307 e. The number of hydrazine groups is 1. The minimum atomic E-state index is -3.63. The average molecular weight is 391 g/mol. The van der Waals surface area contributed by atoms with Crippen molar-refractivity contribution in [1.82, 2.24) is 9.84 Å². The molecule has 8 heteroatoms. The molecule has 1 fully saturated rings. The summed E-state index contributed by atoms with van der Waals surface area (Å²) in [6.45, 7) is 7.75. The first-order chi connectivity index (χ1) is 11.9. The summed E-state index contributed by atoms with van der Waals surface area (Å²) in [5.74, 6) is -2.87. The average Bonchev–Trinajstić information content (AvgIpc) is 2.97. The Labute approximate surface area is 157 Å². The molecule has 0 spiro atoms. The highest BCUT2D eigenvalue weighted by molar-refractivity contribution is 7.88. The Morgan fingerprint density at radius 1 is 1.12 bits per heavy atom. The number of hydrogen-bond acceptors (Lipinski definition) is 4. The van der Waals surface area contributed by atoms with Crippen molar-refractivity contribution in [1.29, 1.82) is 0 Å². The van der Waals surface area contributed by atoms with Gasteiger partial charge in [-0.15, -0.1) is 4.41 Å². The molecule has 0 aromatic carbocycles. The maximum atomic E-state index is 12.9. The minimum Gasteiger partial charge on any atom is -0.481 e. The Kier molecular flexibility index (Phi) is 8.53. The molecule has 1 saturated carbocycles. The number of sulfonamides is 1. The highest BCUT2D eigenvalue weighted by Crippen LogP contribution is 2.38. The van der Waals surface area contributed by atoms with E-state index in [9.17, 15) is 23.1 Å². The molecule has 1 aliphatic carbocycles. The van der Waals surface area contributed by atoms with E-state index in [1.165, 1.54) is 0 Å². The number of amides is 1. The number of carbonyl (C=O) groups excluding carboxylic acids is 1. The second kappa shape index (κ2) is 9.69. The minimum absolute atomic E-state index is 0.0266. The Bertz CT molecular complexity index is 582. The summed E-state index contributed by atoms with van der Waals surface area (Å²) >= 11 is 0. The first kappa shape index (κ1) is 22.9. The van der Waals surface area contributed by atoms with Crippen molar-refractivity contribution in [2.24, 2.45) is 29.6 Å². The van der Waals surface area contributed by atoms with Gasteiger partial charge in [0.1, 0.15) is 0 Å². The number of rotatable bonds is 10. The maximum absolute atomic E-state index is 12.9. The molecule has 0 aromatic rings. The van der Waals surface area contributed by atoms with Crippen LogP contribution in [-0.2, 0) is 19.6 Å². The van der Waals surface area contributed by atoms with Gasteiger partial charge in [0.2, 0.25) is 15.9 Å². The lowest BCUT2D eigenvalue weighted by Crippen LogP contribution is -2.51. The number of carbonyl (C=O) groups is 2. The Hall–Kier alpha value is -1.15. The number of aliphatic carboxylic acids is 1. The molecule has 1 amide bonds. The van der Waals surface area contributed by atoms with Crippen LogP contribution in [0.1, 0.15) is 59.8 Å². The first-order valence-corrected chi connectivity index (χ1v) is 11.3. The maximum Gasteiger partial charge on any atom is 0.307 e. The van der Waals surface area contributed by atoms with E-state index in [0.29, 0.717) is 6.42 Å². The Morgan fingerprint density at radius 2 is 1.65 bits per heavy atom. The quantitative estimate of drug-likeness (QED) is 0.558. The van der Waals surface area contributed by atoms with Crippen LogP contribution in [0.5, 0.6) is 0 Å². The molecule has 1 aliphatic rings. The van der Waals surface area contributed by atoms with Crippen molar-refractivity contribution >= 4 is 21.9 Å². The van der Waals surface area contributed by atoms with Gasteiger partial charge in [0.05, 0.1) is 18.1 Å². The molecule has 0 heterocycles. The van der Waals surface area contributed by atoms with Crippen LogP contribution >= 0.6 is 0 Å². The van der Waals surface area contributed by atoms with Crippen molar-refractivity contribution in [2.45, 2.75) is 59.8 Å². The van der Waals surface area contributed by atoms with E-state index in [0.717, 1.165) is 36.4 Å². The van der Waals surface area contributed by atoms with Gasteiger partial charge in [-0.05, 0) is 37.0 Å². The topological polar surface area (TPSA) is 104 Å². The molecule has 0 unspecified atom stereocenters. The molecular formula is C18H34N2O5S. The van der Waals surface area contributed by atoms with Gasteiger partial charge in [-0.2, -0.15) is 0 Å². The number of carboxylic acid groups (broad SMARTS) is 1. The van der Waals surface area contributed by atoms with Crippen LogP contribution < -0.4 is 5.43 Å². The van der Waals surface area contributed by atoms with Crippen LogP contribution in [0.15, 0.2) is 0 Å². The molecule has 1 rings (SSSR count). The van der Waals surface area contributed by atoms with Gasteiger partial charge in [0.15, 0.2) is 0 Å². The summed E-state index contributed by atoms with van der Waals surface area (Å²) in [6, 6.07) is 0. The predicted molar refractivity (Wildman–Crippen MR) is 101 cm³/mol. The fraction of sp³-hybridized carbons (Fsp3) is 0.889. The fourth-order valence-corrected chi connectivity index (χ4v) is 4.57. The van der Waals surface area contributed by atoms with Crippen LogP contribution in [0.25, 0.3) is 0 Å². The molecule has 152 valence electrons. The molecule has 2 N–H and O–H groups in total. The lowest BCUT2D eigenvalue weighted by Gasteiger charge is -2.31. The zero-order valence-electron chi connectivity index (χ0n) is 16.6. The molecule has 0 radical (unpaired) electrons. The summed E-state index contributed by atoms with van der Waals surface area (Å²) in [7, 11) is -3.63. The third-order valence-corrected chi connectivity index (χ3v) is 5.90. The van der Waals surface area contributed by atoms with E-state index in [4.69, 9.17) is 0 Å². The normalized spacial score (nSPS) is 18.5. The van der Waals surface area contributed by atoms with E-state index in [1.54, 1.807) is 0 Å². The number of hydrogen-bond donors (Lipinski definition) is 2. The highest BCUT2D eigenvalue weighted by Gasteiger charge is 2.41. The number of nitrogens with zero attached hydrogens (tertiary/aromatic N) is 1. The van der Waals surface area contributed by atoms with E-state index in [-0.39, 0.29) is 24.3 Å². The zero-order valence-corrected chi connectivity index (χ0v) is 17.4. The lowest BCUT2D eigenvalue weighted by molar-refractivity contribution is -0.151. The van der Waals surface area contributed by atoms with Crippen LogP contribution in [-0.4, -0.2) is 42.6 Å². The van der Waals surface area contributed by atoms with Crippen molar-refractivity contribution in [3.8, 4) is 0 Å². The molecule has 7 nitrogen and oxygen atoms in total. The Morgan fingerprint density at radius 3 is 2.04 bits per heavy atom. The monoisotopic (exact) mass is 390 g/mol. The van der Waals surface area contributed by atoms with Crippen molar-refractivity contribution < 1.29 is 23.1 Å². The van der Waals surface area contributed by atoms with Crippen LogP contribution in [0.4, 0.5) is 0 Å². The molecular weight excluding hydrogens is 356 g/mol.